The molecule has 30 heavy (non-hydrogen) atoms. The third-order valence-corrected chi connectivity index (χ3v) is 5.72. The molecule has 0 atom stereocenters. The zero-order chi connectivity index (χ0) is 22.0. The Morgan fingerprint density at radius 1 is 1.23 bits per heavy atom. The van der Waals surface area contributed by atoms with E-state index in [1.165, 1.54) is 17.0 Å². The summed E-state index contributed by atoms with van der Waals surface area (Å²) in [6.45, 7) is 2.28. The maximum absolute atomic E-state index is 13.2. The lowest BCUT2D eigenvalue weighted by Crippen LogP contribution is -2.54. The summed E-state index contributed by atoms with van der Waals surface area (Å²) in [7, 11) is 1.55. The van der Waals surface area contributed by atoms with Gasteiger partial charge in [-0.25, -0.2) is 0 Å². The Hall–Kier alpha value is -1.88. The highest BCUT2D eigenvalue weighted by Gasteiger charge is 2.35. The van der Waals surface area contributed by atoms with Gasteiger partial charge in [0.25, 0.3) is 11.8 Å². The summed E-state index contributed by atoms with van der Waals surface area (Å²) >= 11 is 19.5. The number of anilines is 1. The molecule has 0 unspecified atom stereocenters. The fourth-order valence-electron chi connectivity index (χ4n) is 2.84. The van der Waals surface area contributed by atoms with Gasteiger partial charge in [-0.1, -0.05) is 23.2 Å². The molecule has 0 radical (unpaired) electrons. The molecule has 156 valence electrons. The molecule has 1 aliphatic heterocycles. The maximum Gasteiger partial charge on any atom is 0.270 e. The number of methoxy groups -OCH3 is 1. The van der Waals surface area contributed by atoms with E-state index in [0.29, 0.717) is 34.4 Å². The highest BCUT2D eigenvalue weighted by Crippen LogP contribution is 2.35. The molecule has 0 aliphatic carbocycles. The molecule has 1 aliphatic rings. The number of amides is 2. The quantitative estimate of drug-likeness (QED) is 0.239. The summed E-state index contributed by atoms with van der Waals surface area (Å²) in [4.78, 5) is 26.9. The van der Waals surface area contributed by atoms with Gasteiger partial charge >= 0.3 is 0 Å². The molecule has 3 rings (SSSR count). The second kappa shape index (κ2) is 9.51. The number of halogens is 3. The molecular formula is C20H15Cl2IN2O4S. The van der Waals surface area contributed by atoms with Crippen molar-refractivity contribution in [2.75, 3.05) is 18.6 Å². The van der Waals surface area contributed by atoms with Crippen LogP contribution < -0.4 is 19.7 Å². The van der Waals surface area contributed by atoms with Crippen molar-refractivity contribution in [2.45, 2.75) is 6.92 Å². The SMILES string of the molecule is CCOc1cc(/C=C2\C(=O)NC(=S)N(c3ccc(Cl)cc3Cl)C2=O)cc(I)c1OC. The van der Waals surface area contributed by atoms with Gasteiger partial charge in [0.2, 0.25) is 0 Å². The first kappa shape index (κ1) is 22.8. The van der Waals surface area contributed by atoms with Gasteiger partial charge in [0.1, 0.15) is 5.57 Å². The minimum atomic E-state index is -0.602. The van der Waals surface area contributed by atoms with Crippen LogP contribution in [0, 0.1) is 3.57 Å². The predicted octanol–water partition coefficient (Wildman–Crippen LogP) is 4.84. The van der Waals surface area contributed by atoms with Gasteiger partial charge in [0.15, 0.2) is 16.6 Å². The first-order valence-electron chi connectivity index (χ1n) is 8.63. The molecule has 0 saturated carbocycles. The predicted molar refractivity (Wildman–Crippen MR) is 130 cm³/mol. The lowest BCUT2D eigenvalue weighted by molar-refractivity contribution is -0.122. The molecule has 10 heteroatoms. The Morgan fingerprint density at radius 2 is 1.97 bits per heavy atom. The van der Waals surface area contributed by atoms with Crippen molar-refractivity contribution >= 4 is 86.7 Å². The van der Waals surface area contributed by atoms with Crippen LogP contribution in [0.5, 0.6) is 11.5 Å². The normalized spacial score (nSPS) is 15.4. The number of hydrogen-bond donors (Lipinski definition) is 1. The number of carbonyl (C=O) groups excluding carboxylic acids is 2. The van der Waals surface area contributed by atoms with Gasteiger partial charge in [-0.15, -0.1) is 0 Å². The summed E-state index contributed by atoms with van der Waals surface area (Å²) in [5.41, 5.74) is 0.816. The molecule has 1 heterocycles. The number of nitrogens with one attached hydrogen (secondary N) is 1. The van der Waals surface area contributed by atoms with E-state index in [0.717, 1.165) is 3.57 Å². The highest BCUT2D eigenvalue weighted by molar-refractivity contribution is 14.1. The molecule has 1 saturated heterocycles. The fraction of sp³-hybridized carbons (Fsp3) is 0.150. The Bertz CT molecular complexity index is 1090. The van der Waals surface area contributed by atoms with Gasteiger partial charge in [-0.3, -0.25) is 19.8 Å². The summed E-state index contributed by atoms with van der Waals surface area (Å²) < 4.78 is 11.8. The second-order valence-electron chi connectivity index (χ2n) is 6.02. The third-order valence-electron chi connectivity index (χ3n) is 4.10. The maximum atomic E-state index is 13.2. The van der Waals surface area contributed by atoms with Crippen LogP contribution in [0.15, 0.2) is 35.9 Å². The van der Waals surface area contributed by atoms with Crippen molar-refractivity contribution in [3.8, 4) is 11.5 Å². The molecule has 6 nitrogen and oxygen atoms in total. The zero-order valence-electron chi connectivity index (χ0n) is 15.8. The van der Waals surface area contributed by atoms with Gasteiger partial charge in [0.05, 0.1) is 28.0 Å². The van der Waals surface area contributed by atoms with Gasteiger partial charge in [-0.2, -0.15) is 0 Å². The molecular weight excluding hydrogens is 562 g/mol. The van der Waals surface area contributed by atoms with E-state index in [1.54, 1.807) is 31.4 Å². The molecule has 2 amide bonds. The van der Waals surface area contributed by atoms with Crippen molar-refractivity contribution in [1.29, 1.82) is 0 Å². The van der Waals surface area contributed by atoms with Crippen LogP contribution in [-0.4, -0.2) is 30.6 Å². The number of rotatable bonds is 5. The van der Waals surface area contributed by atoms with Crippen molar-refractivity contribution in [3.63, 3.8) is 0 Å². The van der Waals surface area contributed by atoms with Gasteiger partial charge in [-0.05, 0) is 83.7 Å². The number of ether oxygens (including phenoxy) is 2. The Labute approximate surface area is 202 Å². The average Bonchev–Trinajstić information content (AvgIpc) is 2.67. The monoisotopic (exact) mass is 576 g/mol. The van der Waals surface area contributed by atoms with E-state index in [9.17, 15) is 9.59 Å². The molecule has 1 N–H and O–H groups in total. The van der Waals surface area contributed by atoms with Gasteiger partial charge in [0, 0.05) is 5.02 Å². The zero-order valence-corrected chi connectivity index (χ0v) is 20.3. The number of nitrogens with zero attached hydrogens (tertiary/aromatic N) is 1. The number of thiocarbonyl (C=S) groups is 1. The largest absolute Gasteiger partial charge is 0.492 e. The number of carbonyl (C=O) groups is 2. The standard InChI is InChI=1S/C20H15Cl2IN2O4S/c1-3-29-16-8-10(7-14(23)17(16)28-2)6-12-18(26)24-20(30)25(19(12)27)15-5-4-11(21)9-13(15)22/h4-9H,3H2,1-2H3,(H,24,26,30)/b12-6+. The number of hydrogen-bond acceptors (Lipinski definition) is 5. The van der Waals surface area contributed by atoms with E-state index in [1.807, 2.05) is 6.92 Å². The van der Waals surface area contributed by atoms with Crippen LogP contribution in [0.1, 0.15) is 12.5 Å². The van der Waals surface area contributed by atoms with Crippen molar-refractivity contribution in [2.24, 2.45) is 0 Å². The lowest BCUT2D eigenvalue weighted by atomic mass is 10.1. The second-order valence-corrected chi connectivity index (χ2v) is 8.41. The Morgan fingerprint density at radius 3 is 2.60 bits per heavy atom. The lowest BCUT2D eigenvalue weighted by Gasteiger charge is -2.29. The van der Waals surface area contributed by atoms with Crippen LogP contribution in [0.2, 0.25) is 10.0 Å². The molecule has 0 aromatic heterocycles. The molecule has 0 bridgehead atoms. The van der Waals surface area contributed by atoms with Crippen LogP contribution in [0.4, 0.5) is 5.69 Å². The minimum absolute atomic E-state index is 0.0642. The molecule has 0 spiro atoms. The summed E-state index contributed by atoms with van der Waals surface area (Å²) in [6.07, 6.45) is 1.47. The van der Waals surface area contributed by atoms with E-state index in [-0.39, 0.29) is 15.7 Å². The first-order chi connectivity index (χ1) is 14.3. The number of benzene rings is 2. The minimum Gasteiger partial charge on any atom is -0.492 e. The van der Waals surface area contributed by atoms with Crippen molar-refractivity contribution in [3.05, 3.63) is 55.1 Å². The topological polar surface area (TPSA) is 67.9 Å². The van der Waals surface area contributed by atoms with Gasteiger partial charge < -0.3 is 9.47 Å². The average molecular weight is 577 g/mol. The Balaban J connectivity index is 2.07. The molecule has 2 aromatic rings. The van der Waals surface area contributed by atoms with Crippen LogP contribution in [-0.2, 0) is 9.59 Å². The van der Waals surface area contributed by atoms with Crippen molar-refractivity contribution < 1.29 is 19.1 Å². The fourth-order valence-corrected chi connectivity index (χ4v) is 4.45. The van der Waals surface area contributed by atoms with E-state index >= 15 is 0 Å². The summed E-state index contributed by atoms with van der Waals surface area (Å²) in [5, 5.41) is 3.10. The van der Waals surface area contributed by atoms with Crippen LogP contribution in [0.25, 0.3) is 6.08 Å². The highest BCUT2D eigenvalue weighted by atomic mass is 127. The molecule has 1 fully saturated rings. The van der Waals surface area contributed by atoms with Crippen LogP contribution in [0.3, 0.4) is 0 Å². The van der Waals surface area contributed by atoms with E-state index in [2.05, 4.69) is 27.9 Å². The summed E-state index contributed by atoms with van der Waals surface area (Å²) in [5.74, 6) is -0.114. The Kier molecular flexibility index (Phi) is 7.22. The van der Waals surface area contributed by atoms with Crippen molar-refractivity contribution in [1.82, 2.24) is 5.32 Å². The van der Waals surface area contributed by atoms with E-state index < -0.39 is 11.8 Å². The van der Waals surface area contributed by atoms with Crippen LogP contribution >= 0.6 is 58.0 Å². The summed E-state index contributed by atoms with van der Waals surface area (Å²) in [6, 6.07) is 8.12. The van der Waals surface area contributed by atoms with E-state index in [4.69, 9.17) is 44.9 Å². The smallest absolute Gasteiger partial charge is 0.270 e. The first-order valence-corrected chi connectivity index (χ1v) is 10.9. The third kappa shape index (κ3) is 4.56. The molecule has 2 aromatic carbocycles.